The highest BCUT2D eigenvalue weighted by Gasteiger charge is 2.12. The van der Waals surface area contributed by atoms with Crippen molar-refractivity contribution in [1.29, 1.82) is 0 Å². The van der Waals surface area contributed by atoms with Gasteiger partial charge in [-0.3, -0.25) is 4.79 Å². The Morgan fingerprint density at radius 1 is 1.30 bits per heavy atom. The smallest absolute Gasteiger partial charge is 0.222 e. The number of rotatable bonds is 5. The van der Waals surface area contributed by atoms with E-state index in [2.05, 4.69) is 18.4 Å². The number of benzene rings is 1. The van der Waals surface area contributed by atoms with Crippen LogP contribution in [0.5, 0.6) is 0 Å². The van der Waals surface area contributed by atoms with Crippen molar-refractivity contribution in [3.63, 3.8) is 0 Å². The van der Waals surface area contributed by atoms with E-state index in [4.69, 9.17) is 11.6 Å². The van der Waals surface area contributed by atoms with Crippen LogP contribution in [0.2, 0.25) is 5.02 Å². The fourth-order valence-corrected chi connectivity index (χ4v) is 3.19. The van der Waals surface area contributed by atoms with Crippen molar-refractivity contribution in [3.8, 4) is 0 Å². The lowest BCUT2D eigenvalue weighted by Gasteiger charge is -2.17. The van der Waals surface area contributed by atoms with Gasteiger partial charge in [0.2, 0.25) is 5.91 Å². The SMILES string of the molecule is Cc1ccsc1CN(C)C(=O)CCc1ccccc1Cl. The molecule has 0 bridgehead atoms. The first-order valence-corrected chi connectivity index (χ1v) is 7.84. The van der Waals surface area contributed by atoms with Crippen molar-refractivity contribution < 1.29 is 4.79 Å². The topological polar surface area (TPSA) is 20.3 Å². The predicted octanol–water partition coefficient (Wildman–Crippen LogP) is 4.30. The minimum Gasteiger partial charge on any atom is -0.341 e. The van der Waals surface area contributed by atoms with Gasteiger partial charge in [-0.2, -0.15) is 0 Å². The number of thiophene rings is 1. The molecule has 0 atom stereocenters. The Kier molecular flexibility index (Phi) is 5.21. The van der Waals surface area contributed by atoms with Crippen molar-refractivity contribution in [2.45, 2.75) is 26.3 Å². The Morgan fingerprint density at radius 2 is 2.05 bits per heavy atom. The van der Waals surface area contributed by atoms with Crippen molar-refractivity contribution >= 4 is 28.8 Å². The Labute approximate surface area is 129 Å². The number of amides is 1. The van der Waals surface area contributed by atoms with Crippen LogP contribution in [0.4, 0.5) is 0 Å². The zero-order valence-corrected chi connectivity index (χ0v) is 13.3. The van der Waals surface area contributed by atoms with Gasteiger partial charge in [0.1, 0.15) is 0 Å². The summed E-state index contributed by atoms with van der Waals surface area (Å²) in [7, 11) is 1.86. The second-order valence-electron chi connectivity index (χ2n) is 4.87. The third-order valence-corrected chi connectivity index (χ3v) is 4.72. The van der Waals surface area contributed by atoms with Gasteiger partial charge in [0.05, 0.1) is 6.54 Å². The zero-order chi connectivity index (χ0) is 14.5. The van der Waals surface area contributed by atoms with Gasteiger partial charge in [0.15, 0.2) is 0 Å². The van der Waals surface area contributed by atoms with E-state index in [0.29, 0.717) is 19.4 Å². The van der Waals surface area contributed by atoms with Gasteiger partial charge in [-0.1, -0.05) is 29.8 Å². The van der Waals surface area contributed by atoms with E-state index < -0.39 is 0 Å². The molecule has 1 aromatic carbocycles. The molecular weight excluding hydrogens is 290 g/mol. The molecule has 0 fully saturated rings. The minimum absolute atomic E-state index is 0.151. The van der Waals surface area contributed by atoms with Crippen LogP contribution in [-0.4, -0.2) is 17.9 Å². The van der Waals surface area contributed by atoms with Crippen LogP contribution < -0.4 is 0 Å². The van der Waals surface area contributed by atoms with Gasteiger partial charge >= 0.3 is 0 Å². The van der Waals surface area contributed by atoms with Gasteiger partial charge in [-0.05, 0) is 42.0 Å². The van der Waals surface area contributed by atoms with E-state index in [1.807, 2.05) is 31.3 Å². The van der Waals surface area contributed by atoms with Crippen LogP contribution in [0.25, 0.3) is 0 Å². The molecule has 0 aliphatic carbocycles. The Morgan fingerprint density at radius 3 is 2.70 bits per heavy atom. The lowest BCUT2D eigenvalue weighted by molar-refractivity contribution is -0.130. The summed E-state index contributed by atoms with van der Waals surface area (Å²) < 4.78 is 0. The van der Waals surface area contributed by atoms with Gasteiger partial charge < -0.3 is 4.90 Å². The van der Waals surface area contributed by atoms with Crippen molar-refractivity contribution in [2.24, 2.45) is 0 Å². The quantitative estimate of drug-likeness (QED) is 0.806. The normalized spacial score (nSPS) is 10.6. The lowest BCUT2D eigenvalue weighted by Crippen LogP contribution is -2.26. The second kappa shape index (κ2) is 6.91. The molecule has 0 aliphatic heterocycles. The van der Waals surface area contributed by atoms with Crippen LogP contribution in [-0.2, 0) is 17.8 Å². The van der Waals surface area contributed by atoms with E-state index in [1.54, 1.807) is 16.2 Å². The van der Waals surface area contributed by atoms with E-state index >= 15 is 0 Å². The molecule has 1 heterocycles. The molecule has 20 heavy (non-hydrogen) atoms. The van der Waals surface area contributed by atoms with Crippen LogP contribution in [0.15, 0.2) is 35.7 Å². The molecule has 2 aromatic rings. The molecule has 106 valence electrons. The average Bonchev–Trinajstić information content (AvgIpc) is 2.83. The summed E-state index contributed by atoms with van der Waals surface area (Å²) in [6, 6.07) is 9.77. The maximum Gasteiger partial charge on any atom is 0.222 e. The number of aryl methyl sites for hydroxylation is 2. The zero-order valence-electron chi connectivity index (χ0n) is 11.7. The van der Waals surface area contributed by atoms with Crippen LogP contribution in [0.3, 0.4) is 0 Å². The third-order valence-electron chi connectivity index (χ3n) is 3.34. The Balaban J connectivity index is 1.89. The number of hydrogen-bond acceptors (Lipinski definition) is 2. The molecule has 2 rings (SSSR count). The van der Waals surface area contributed by atoms with Gasteiger partial charge in [-0.15, -0.1) is 11.3 Å². The standard InChI is InChI=1S/C16H18ClNOS/c1-12-9-10-20-15(12)11-18(2)16(19)8-7-13-5-3-4-6-14(13)17/h3-6,9-10H,7-8,11H2,1-2H3. The van der Waals surface area contributed by atoms with E-state index in [1.165, 1.54) is 10.4 Å². The van der Waals surface area contributed by atoms with Gasteiger partial charge in [-0.25, -0.2) is 0 Å². The molecule has 0 saturated heterocycles. The van der Waals surface area contributed by atoms with Gasteiger partial charge in [0.25, 0.3) is 0 Å². The Hall–Kier alpha value is -1.32. The number of hydrogen-bond donors (Lipinski definition) is 0. The summed E-state index contributed by atoms with van der Waals surface area (Å²) in [5.74, 6) is 0.151. The van der Waals surface area contributed by atoms with E-state index in [0.717, 1.165) is 10.6 Å². The molecule has 2 nitrogen and oxygen atoms in total. The van der Waals surface area contributed by atoms with E-state index in [-0.39, 0.29) is 5.91 Å². The summed E-state index contributed by atoms with van der Waals surface area (Å²) in [6.45, 7) is 2.76. The highest BCUT2D eigenvalue weighted by atomic mass is 35.5. The summed E-state index contributed by atoms with van der Waals surface area (Å²) in [4.78, 5) is 15.2. The summed E-state index contributed by atoms with van der Waals surface area (Å²) >= 11 is 7.80. The fraction of sp³-hybridized carbons (Fsp3) is 0.312. The molecular formula is C16H18ClNOS. The number of carbonyl (C=O) groups is 1. The van der Waals surface area contributed by atoms with E-state index in [9.17, 15) is 4.79 Å². The molecule has 0 unspecified atom stereocenters. The molecule has 0 N–H and O–H groups in total. The number of carbonyl (C=O) groups excluding carboxylic acids is 1. The van der Waals surface area contributed by atoms with Crippen molar-refractivity contribution in [2.75, 3.05) is 7.05 Å². The molecule has 0 aliphatic rings. The maximum absolute atomic E-state index is 12.2. The molecule has 0 radical (unpaired) electrons. The highest BCUT2D eigenvalue weighted by Crippen LogP contribution is 2.19. The summed E-state index contributed by atoms with van der Waals surface area (Å²) in [5.41, 5.74) is 2.28. The average molecular weight is 308 g/mol. The third kappa shape index (κ3) is 3.84. The predicted molar refractivity (Wildman–Crippen MR) is 85.3 cm³/mol. The van der Waals surface area contributed by atoms with Crippen LogP contribution in [0, 0.1) is 6.92 Å². The van der Waals surface area contributed by atoms with Crippen molar-refractivity contribution in [3.05, 3.63) is 56.7 Å². The molecule has 1 aromatic heterocycles. The Bertz CT molecular complexity index is 594. The largest absolute Gasteiger partial charge is 0.341 e. The molecule has 1 amide bonds. The molecule has 0 spiro atoms. The minimum atomic E-state index is 0.151. The van der Waals surface area contributed by atoms with Crippen LogP contribution >= 0.6 is 22.9 Å². The molecule has 4 heteroatoms. The van der Waals surface area contributed by atoms with Crippen LogP contribution in [0.1, 0.15) is 22.4 Å². The number of halogens is 1. The number of nitrogens with zero attached hydrogens (tertiary/aromatic N) is 1. The second-order valence-corrected chi connectivity index (χ2v) is 6.28. The highest BCUT2D eigenvalue weighted by molar-refractivity contribution is 7.10. The monoisotopic (exact) mass is 307 g/mol. The first-order chi connectivity index (χ1) is 9.58. The summed E-state index contributed by atoms with van der Waals surface area (Å²) in [5, 5.41) is 2.80. The first kappa shape index (κ1) is 15.1. The first-order valence-electron chi connectivity index (χ1n) is 6.58. The lowest BCUT2D eigenvalue weighted by atomic mass is 10.1. The molecule has 0 saturated carbocycles. The van der Waals surface area contributed by atoms with Crippen molar-refractivity contribution in [1.82, 2.24) is 4.90 Å². The van der Waals surface area contributed by atoms with Gasteiger partial charge in [0, 0.05) is 23.4 Å². The maximum atomic E-state index is 12.2. The fourth-order valence-electron chi connectivity index (χ4n) is 2.00. The summed E-state index contributed by atoms with van der Waals surface area (Å²) in [6.07, 6.45) is 1.18.